The van der Waals surface area contributed by atoms with Crippen LogP contribution in [-0.2, 0) is 6.54 Å². The van der Waals surface area contributed by atoms with E-state index in [0.29, 0.717) is 11.1 Å². The number of carbonyl (C=O) groups is 1. The fourth-order valence-corrected chi connectivity index (χ4v) is 2.36. The van der Waals surface area contributed by atoms with E-state index in [4.69, 9.17) is 5.26 Å². The van der Waals surface area contributed by atoms with Gasteiger partial charge in [0.25, 0.3) is 5.91 Å². The molecule has 0 saturated carbocycles. The lowest BCUT2D eigenvalue weighted by Gasteiger charge is -2.23. The van der Waals surface area contributed by atoms with Crippen LogP contribution in [0, 0.1) is 11.3 Å². The molecule has 0 radical (unpaired) electrons. The summed E-state index contributed by atoms with van der Waals surface area (Å²) in [6, 6.07) is 17.4. The van der Waals surface area contributed by atoms with E-state index in [0.717, 1.165) is 24.3 Å². The molecule has 2 rings (SSSR count). The number of benzene rings is 2. The van der Waals surface area contributed by atoms with Gasteiger partial charge in [-0.3, -0.25) is 4.79 Å². The molecule has 0 fully saturated rings. The van der Waals surface area contributed by atoms with Crippen LogP contribution in [0.2, 0.25) is 0 Å². The smallest absolute Gasteiger partial charge is 0.253 e. The fourth-order valence-electron chi connectivity index (χ4n) is 2.36. The van der Waals surface area contributed by atoms with Gasteiger partial charge in [0.2, 0.25) is 0 Å². The Bertz CT molecular complexity index is 697. The summed E-state index contributed by atoms with van der Waals surface area (Å²) in [6.45, 7) is 3.73. The quantitative estimate of drug-likeness (QED) is 0.851. The highest BCUT2D eigenvalue weighted by Crippen LogP contribution is 2.18. The zero-order valence-corrected chi connectivity index (χ0v) is 13.8. The molecule has 0 saturated heterocycles. The van der Waals surface area contributed by atoms with Crippen LogP contribution < -0.4 is 4.90 Å². The van der Waals surface area contributed by atoms with Crippen LogP contribution in [0.4, 0.5) is 5.69 Å². The van der Waals surface area contributed by atoms with Crippen molar-refractivity contribution in [2.75, 3.05) is 25.5 Å². The summed E-state index contributed by atoms with van der Waals surface area (Å²) < 4.78 is 0. The molecule has 0 unspecified atom stereocenters. The Balaban J connectivity index is 2.12. The molecule has 1 amide bonds. The largest absolute Gasteiger partial charge is 0.367 e. The second-order valence-corrected chi connectivity index (χ2v) is 5.57. The molecule has 0 heterocycles. The molecule has 0 aliphatic carbocycles. The van der Waals surface area contributed by atoms with Gasteiger partial charge in [-0.1, -0.05) is 12.1 Å². The van der Waals surface area contributed by atoms with Gasteiger partial charge in [-0.05, 0) is 48.9 Å². The highest BCUT2D eigenvalue weighted by atomic mass is 16.2. The molecule has 0 aliphatic heterocycles. The summed E-state index contributed by atoms with van der Waals surface area (Å²) in [5.41, 5.74) is 3.59. The maximum atomic E-state index is 11.9. The molecule has 0 aromatic heterocycles. The monoisotopic (exact) mass is 307 g/mol. The first kappa shape index (κ1) is 16.6. The van der Waals surface area contributed by atoms with Crippen molar-refractivity contribution in [1.29, 1.82) is 5.26 Å². The molecule has 0 spiro atoms. The topological polar surface area (TPSA) is 47.3 Å². The molecule has 2 aromatic rings. The van der Waals surface area contributed by atoms with Gasteiger partial charge >= 0.3 is 0 Å². The molecule has 0 bridgehead atoms. The molecule has 4 heteroatoms. The molecule has 23 heavy (non-hydrogen) atoms. The van der Waals surface area contributed by atoms with E-state index in [1.54, 1.807) is 19.0 Å². The Morgan fingerprint density at radius 2 is 1.65 bits per heavy atom. The summed E-state index contributed by atoms with van der Waals surface area (Å²) in [4.78, 5) is 15.7. The van der Waals surface area contributed by atoms with E-state index in [1.165, 1.54) is 0 Å². The van der Waals surface area contributed by atoms with Crippen LogP contribution in [0.25, 0.3) is 0 Å². The third-order valence-electron chi connectivity index (χ3n) is 3.72. The van der Waals surface area contributed by atoms with Gasteiger partial charge in [-0.25, -0.2) is 0 Å². The number of carbonyl (C=O) groups excluding carboxylic acids is 1. The maximum absolute atomic E-state index is 11.9. The molecular weight excluding hydrogens is 286 g/mol. The predicted octanol–water partition coefficient (Wildman–Crippen LogP) is 3.29. The van der Waals surface area contributed by atoms with E-state index >= 15 is 0 Å². The van der Waals surface area contributed by atoms with Gasteiger partial charge in [0, 0.05) is 38.4 Å². The third kappa shape index (κ3) is 4.10. The van der Waals surface area contributed by atoms with Gasteiger partial charge in [-0.2, -0.15) is 5.26 Å². The minimum atomic E-state index is 0.0102. The molecule has 0 aliphatic rings. The second kappa shape index (κ2) is 7.46. The van der Waals surface area contributed by atoms with Crippen molar-refractivity contribution in [3.05, 3.63) is 65.2 Å². The zero-order valence-electron chi connectivity index (χ0n) is 13.8. The Kier molecular flexibility index (Phi) is 5.37. The Labute approximate surface area is 137 Å². The van der Waals surface area contributed by atoms with Crippen molar-refractivity contribution in [2.24, 2.45) is 0 Å². The number of hydrogen-bond acceptors (Lipinski definition) is 3. The molecule has 4 nitrogen and oxygen atoms in total. The summed E-state index contributed by atoms with van der Waals surface area (Å²) in [6.07, 6.45) is 0. The number of rotatable bonds is 5. The van der Waals surface area contributed by atoms with Crippen LogP contribution in [0.5, 0.6) is 0 Å². The van der Waals surface area contributed by atoms with Gasteiger partial charge in [0.05, 0.1) is 11.6 Å². The highest BCUT2D eigenvalue weighted by Gasteiger charge is 2.09. The predicted molar refractivity (Wildman–Crippen MR) is 92.3 cm³/mol. The van der Waals surface area contributed by atoms with Gasteiger partial charge in [0.1, 0.15) is 0 Å². The summed E-state index contributed by atoms with van der Waals surface area (Å²) in [5, 5.41) is 8.87. The number of hydrogen-bond donors (Lipinski definition) is 0. The Morgan fingerprint density at radius 3 is 2.13 bits per heavy atom. The summed E-state index contributed by atoms with van der Waals surface area (Å²) in [7, 11) is 3.50. The standard InChI is InChI=1S/C19H21N3O/c1-4-22(18-11-7-15(13-20)8-12-18)14-16-5-9-17(10-6-16)19(23)21(2)3/h5-12H,4,14H2,1-3H3. The average Bonchev–Trinajstić information content (AvgIpc) is 2.59. The SMILES string of the molecule is CCN(Cc1ccc(C(=O)N(C)C)cc1)c1ccc(C#N)cc1. The minimum absolute atomic E-state index is 0.0102. The molecule has 2 aromatic carbocycles. The Morgan fingerprint density at radius 1 is 1.04 bits per heavy atom. The lowest BCUT2D eigenvalue weighted by atomic mass is 10.1. The van der Waals surface area contributed by atoms with Gasteiger partial charge in [-0.15, -0.1) is 0 Å². The first-order chi connectivity index (χ1) is 11.0. The van der Waals surface area contributed by atoms with Crippen molar-refractivity contribution >= 4 is 11.6 Å². The highest BCUT2D eigenvalue weighted by molar-refractivity contribution is 5.93. The first-order valence-electron chi connectivity index (χ1n) is 7.61. The van der Waals surface area contributed by atoms with Crippen LogP contribution in [0.1, 0.15) is 28.4 Å². The van der Waals surface area contributed by atoms with E-state index in [9.17, 15) is 4.79 Å². The molecule has 0 atom stereocenters. The van der Waals surface area contributed by atoms with Crippen molar-refractivity contribution in [3.8, 4) is 6.07 Å². The van der Waals surface area contributed by atoms with E-state index in [-0.39, 0.29) is 5.91 Å². The van der Waals surface area contributed by atoms with Crippen molar-refractivity contribution in [3.63, 3.8) is 0 Å². The Hall–Kier alpha value is -2.80. The number of amides is 1. The molecular formula is C19H21N3O. The van der Waals surface area contributed by atoms with Crippen molar-refractivity contribution < 1.29 is 4.79 Å². The summed E-state index contributed by atoms with van der Waals surface area (Å²) >= 11 is 0. The number of anilines is 1. The number of nitrogens with zero attached hydrogens (tertiary/aromatic N) is 3. The third-order valence-corrected chi connectivity index (χ3v) is 3.72. The first-order valence-corrected chi connectivity index (χ1v) is 7.61. The maximum Gasteiger partial charge on any atom is 0.253 e. The molecule has 0 N–H and O–H groups in total. The second-order valence-electron chi connectivity index (χ2n) is 5.57. The normalized spacial score (nSPS) is 10.0. The van der Waals surface area contributed by atoms with Crippen LogP contribution in [-0.4, -0.2) is 31.4 Å². The van der Waals surface area contributed by atoms with Crippen LogP contribution in [0.15, 0.2) is 48.5 Å². The van der Waals surface area contributed by atoms with Gasteiger partial charge < -0.3 is 9.80 Å². The van der Waals surface area contributed by atoms with Gasteiger partial charge in [0.15, 0.2) is 0 Å². The van der Waals surface area contributed by atoms with Crippen molar-refractivity contribution in [1.82, 2.24) is 4.90 Å². The average molecular weight is 307 g/mol. The minimum Gasteiger partial charge on any atom is -0.367 e. The lowest BCUT2D eigenvalue weighted by molar-refractivity contribution is 0.0827. The van der Waals surface area contributed by atoms with Crippen LogP contribution >= 0.6 is 0 Å². The fraction of sp³-hybridized carbons (Fsp3) is 0.263. The lowest BCUT2D eigenvalue weighted by Crippen LogP contribution is -2.23. The van der Waals surface area contributed by atoms with E-state index in [2.05, 4.69) is 17.9 Å². The summed E-state index contributed by atoms with van der Waals surface area (Å²) in [5.74, 6) is 0.0102. The van der Waals surface area contributed by atoms with Crippen molar-refractivity contribution in [2.45, 2.75) is 13.5 Å². The molecule has 118 valence electrons. The number of nitriles is 1. The van der Waals surface area contributed by atoms with Crippen LogP contribution in [0.3, 0.4) is 0 Å². The zero-order chi connectivity index (χ0) is 16.8. The van der Waals surface area contributed by atoms with E-state index in [1.807, 2.05) is 48.5 Å². The van der Waals surface area contributed by atoms with E-state index < -0.39 is 0 Å².